The highest BCUT2D eigenvalue weighted by Crippen LogP contribution is 2.36. The predicted molar refractivity (Wildman–Crippen MR) is 88.5 cm³/mol. The number of piperidine rings is 1. The molecule has 1 aliphatic rings. The Morgan fingerprint density at radius 2 is 2.29 bits per heavy atom. The van der Waals surface area contributed by atoms with E-state index in [9.17, 15) is 19.6 Å². The number of aliphatic carboxylic acids is 1. The Labute approximate surface area is 143 Å². The van der Waals surface area contributed by atoms with Crippen LogP contribution in [0.5, 0.6) is 0 Å². The Bertz CT molecular complexity index is 865. The number of rotatable bonds is 2. The van der Waals surface area contributed by atoms with Crippen LogP contribution in [0.2, 0.25) is 5.02 Å². The molecule has 1 aliphatic heterocycles. The van der Waals surface area contributed by atoms with Crippen molar-refractivity contribution >= 4 is 34.2 Å². The standard InChI is InChI=1S/C17H15ClFN3O2/c1-9-8-22(5-4-11(9)17(23)24)16-10(6-20)7-21-15-12(16)2-3-13(18)14(15)19/h2-3,7,9,11H,4-5,8H2,1H3,(H,23,24)/t9-,11+/m1/s1. The number of carboxylic acid groups (broad SMARTS) is 1. The molecule has 1 N–H and O–H groups in total. The van der Waals surface area contributed by atoms with Crippen LogP contribution < -0.4 is 4.90 Å². The van der Waals surface area contributed by atoms with Crippen LogP contribution in [-0.4, -0.2) is 29.1 Å². The molecule has 7 heteroatoms. The lowest BCUT2D eigenvalue weighted by atomic mass is 9.86. The zero-order valence-electron chi connectivity index (χ0n) is 13.0. The fraction of sp³-hybridized carbons (Fsp3) is 0.353. The van der Waals surface area contributed by atoms with E-state index < -0.39 is 17.7 Å². The van der Waals surface area contributed by atoms with Gasteiger partial charge in [0.05, 0.1) is 22.2 Å². The Balaban J connectivity index is 2.11. The fourth-order valence-corrected chi connectivity index (χ4v) is 3.48. The summed E-state index contributed by atoms with van der Waals surface area (Å²) in [5.74, 6) is -1.91. The summed E-state index contributed by atoms with van der Waals surface area (Å²) in [4.78, 5) is 17.3. The third-order valence-electron chi connectivity index (χ3n) is 4.56. The number of halogens is 2. The van der Waals surface area contributed by atoms with Crippen molar-refractivity contribution in [3.8, 4) is 6.07 Å². The van der Waals surface area contributed by atoms with Crippen LogP contribution in [0.4, 0.5) is 10.1 Å². The third-order valence-corrected chi connectivity index (χ3v) is 4.85. The average Bonchev–Trinajstić information content (AvgIpc) is 2.56. The van der Waals surface area contributed by atoms with E-state index in [2.05, 4.69) is 11.1 Å². The summed E-state index contributed by atoms with van der Waals surface area (Å²) in [5, 5.41) is 19.2. The largest absolute Gasteiger partial charge is 0.481 e. The summed E-state index contributed by atoms with van der Waals surface area (Å²) >= 11 is 5.82. The van der Waals surface area contributed by atoms with E-state index in [1.54, 1.807) is 6.07 Å². The lowest BCUT2D eigenvalue weighted by Gasteiger charge is -2.37. The number of benzene rings is 1. The van der Waals surface area contributed by atoms with Crippen LogP contribution in [0.1, 0.15) is 18.9 Å². The highest BCUT2D eigenvalue weighted by molar-refractivity contribution is 6.31. The fourth-order valence-electron chi connectivity index (χ4n) is 3.33. The van der Waals surface area contributed by atoms with Crippen molar-refractivity contribution in [1.29, 1.82) is 5.26 Å². The van der Waals surface area contributed by atoms with E-state index >= 15 is 0 Å². The topological polar surface area (TPSA) is 77.2 Å². The average molecular weight is 348 g/mol. The molecule has 0 unspecified atom stereocenters. The number of aromatic nitrogens is 1. The molecule has 1 fully saturated rings. The molecule has 0 radical (unpaired) electrons. The Hall–Kier alpha value is -2.39. The van der Waals surface area contributed by atoms with Gasteiger partial charge in [-0.15, -0.1) is 0 Å². The minimum atomic E-state index is -0.805. The summed E-state index contributed by atoms with van der Waals surface area (Å²) in [6.45, 7) is 2.84. The van der Waals surface area contributed by atoms with Gasteiger partial charge in [0.1, 0.15) is 11.6 Å². The SMILES string of the molecule is C[C@@H]1CN(c2c(C#N)cnc3c(F)c(Cl)ccc23)CC[C@@H]1C(=O)O. The second-order valence-electron chi connectivity index (χ2n) is 6.05. The molecule has 2 aromatic rings. The molecule has 0 spiro atoms. The summed E-state index contributed by atoms with van der Waals surface area (Å²) < 4.78 is 14.3. The van der Waals surface area contributed by atoms with Gasteiger partial charge in [0.25, 0.3) is 0 Å². The molecule has 1 aromatic carbocycles. The number of hydrogen-bond acceptors (Lipinski definition) is 4. The lowest BCUT2D eigenvalue weighted by molar-refractivity contribution is -0.144. The van der Waals surface area contributed by atoms with E-state index in [1.807, 2.05) is 11.8 Å². The number of nitriles is 1. The van der Waals surface area contributed by atoms with Gasteiger partial charge in [-0.05, 0) is 24.5 Å². The Morgan fingerprint density at radius 3 is 2.92 bits per heavy atom. The summed E-state index contributed by atoms with van der Waals surface area (Å²) in [5.41, 5.74) is 1.04. The molecule has 0 bridgehead atoms. The van der Waals surface area contributed by atoms with Gasteiger partial charge in [-0.25, -0.2) is 4.39 Å². The number of carboxylic acids is 1. The van der Waals surface area contributed by atoms with Gasteiger partial charge < -0.3 is 10.0 Å². The van der Waals surface area contributed by atoms with Gasteiger partial charge in [0.15, 0.2) is 5.82 Å². The highest BCUT2D eigenvalue weighted by Gasteiger charge is 2.32. The van der Waals surface area contributed by atoms with Gasteiger partial charge in [0.2, 0.25) is 0 Å². The van der Waals surface area contributed by atoms with Gasteiger partial charge in [0, 0.05) is 24.7 Å². The third kappa shape index (κ3) is 2.65. The maximum Gasteiger partial charge on any atom is 0.306 e. The molecule has 24 heavy (non-hydrogen) atoms. The molecular formula is C17H15ClFN3O2. The summed E-state index contributed by atoms with van der Waals surface area (Å²) in [6, 6.07) is 5.19. The zero-order chi connectivity index (χ0) is 17.4. The first kappa shape index (κ1) is 16.5. The lowest BCUT2D eigenvalue weighted by Crippen LogP contribution is -2.42. The predicted octanol–water partition coefficient (Wildman–Crippen LogP) is 3.45. The second kappa shape index (κ2) is 6.25. The van der Waals surface area contributed by atoms with Crippen LogP contribution in [0.25, 0.3) is 10.9 Å². The molecular weight excluding hydrogens is 333 g/mol. The Kier molecular flexibility index (Phi) is 4.29. The molecule has 124 valence electrons. The van der Waals surface area contributed by atoms with E-state index in [1.165, 1.54) is 12.3 Å². The number of pyridine rings is 1. The second-order valence-corrected chi connectivity index (χ2v) is 6.45. The number of nitrogens with zero attached hydrogens (tertiary/aromatic N) is 3. The monoisotopic (exact) mass is 347 g/mol. The maximum atomic E-state index is 14.3. The van der Waals surface area contributed by atoms with E-state index in [-0.39, 0.29) is 16.5 Å². The first-order valence-corrected chi connectivity index (χ1v) is 7.96. The zero-order valence-corrected chi connectivity index (χ0v) is 13.7. The van der Waals surface area contributed by atoms with Crippen LogP contribution in [0.15, 0.2) is 18.3 Å². The Morgan fingerprint density at radius 1 is 1.54 bits per heavy atom. The number of anilines is 1. The quantitative estimate of drug-likeness (QED) is 0.900. The molecule has 3 rings (SSSR count). The smallest absolute Gasteiger partial charge is 0.306 e. The normalized spacial score (nSPS) is 20.8. The molecule has 2 heterocycles. The molecule has 0 saturated carbocycles. The summed E-state index contributed by atoms with van der Waals surface area (Å²) in [6.07, 6.45) is 1.81. The van der Waals surface area contributed by atoms with Crippen LogP contribution >= 0.6 is 11.6 Å². The van der Waals surface area contributed by atoms with Crippen LogP contribution in [0.3, 0.4) is 0 Å². The molecule has 2 atom stereocenters. The first-order chi connectivity index (χ1) is 11.4. The van der Waals surface area contributed by atoms with E-state index in [0.717, 1.165) is 0 Å². The van der Waals surface area contributed by atoms with Gasteiger partial charge in [-0.3, -0.25) is 9.78 Å². The minimum absolute atomic E-state index is 0.0244. The molecule has 0 aliphatic carbocycles. The van der Waals surface area contributed by atoms with Gasteiger partial charge in [-0.2, -0.15) is 5.26 Å². The van der Waals surface area contributed by atoms with Crippen molar-refractivity contribution in [2.75, 3.05) is 18.0 Å². The minimum Gasteiger partial charge on any atom is -0.481 e. The van der Waals surface area contributed by atoms with Gasteiger partial charge >= 0.3 is 5.97 Å². The van der Waals surface area contributed by atoms with E-state index in [0.29, 0.717) is 36.1 Å². The van der Waals surface area contributed by atoms with Crippen molar-refractivity contribution in [1.82, 2.24) is 4.98 Å². The van der Waals surface area contributed by atoms with E-state index in [4.69, 9.17) is 11.6 Å². The summed E-state index contributed by atoms with van der Waals surface area (Å²) in [7, 11) is 0. The molecule has 1 saturated heterocycles. The maximum absolute atomic E-state index is 14.3. The number of carbonyl (C=O) groups is 1. The number of hydrogen-bond donors (Lipinski definition) is 1. The van der Waals surface area contributed by atoms with Gasteiger partial charge in [-0.1, -0.05) is 18.5 Å². The van der Waals surface area contributed by atoms with Crippen molar-refractivity contribution in [2.24, 2.45) is 11.8 Å². The molecule has 0 amide bonds. The number of fused-ring (bicyclic) bond motifs is 1. The van der Waals surface area contributed by atoms with Crippen molar-refractivity contribution < 1.29 is 14.3 Å². The van der Waals surface area contributed by atoms with Crippen molar-refractivity contribution in [2.45, 2.75) is 13.3 Å². The van der Waals surface area contributed by atoms with Crippen LogP contribution in [-0.2, 0) is 4.79 Å². The molecule has 5 nitrogen and oxygen atoms in total. The molecule has 1 aromatic heterocycles. The van der Waals surface area contributed by atoms with Crippen LogP contribution in [0, 0.1) is 29.0 Å². The van der Waals surface area contributed by atoms with Crippen molar-refractivity contribution in [3.63, 3.8) is 0 Å². The first-order valence-electron chi connectivity index (χ1n) is 7.58. The van der Waals surface area contributed by atoms with Crippen molar-refractivity contribution in [3.05, 3.63) is 34.7 Å². The highest BCUT2D eigenvalue weighted by atomic mass is 35.5.